The molecule has 27 heavy (non-hydrogen) atoms. The Morgan fingerprint density at radius 1 is 1.11 bits per heavy atom. The molecule has 0 aliphatic rings. The van der Waals surface area contributed by atoms with Crippen molar-refractivity contribution in [2.24, 2.45) is 0 Å². The zero-order valence-corrected chi connectivity index (χ0v) is 14.7. The quantitative estimate of drug-likeness (QED) is 0.536. The molecular weight excluding hydrogens is 370 g/mol. The molecule has 0 saturated carbocycles. The number of aromatic nitrogens is 1. The highest BCUT2D eigenvalue weighted by Crippen LogP contribution is 2.25. The van der Waals surface area contributed by atoms with Crippen LogP contribution in [0.3, 0.4) is 0 Å². The van der Waals surface area contributed by atoms with Gasteiger partial charge >= 0.3 is 0 Å². The summed E-state index contributed by atoms with van der Waals surface area (Å²) >= 11 is 5.75. The number of nitro groups is 1. The molecule has 0 spiro atoms. The van der Waals surface area contributed by atoms with E-state index in [-0.39, 0.29) is 21.8 Å². The molecule has 7 nitrogen and oxygen atoms in total. The van der Waals surface area contributed by atoms with E-state index in [9.17, 15) is 19.7 Å². The van der Waals surface area contributed by atoms with Crippen molar-refractivity contribution in [3.05, 3.63) is 103 Å². The van der Waals surface area contributed by atoms with Crippen LogP contribution in [0, 0.1) is 10.1 Å². The molecule has 0 radical (unpaired) electrons. The summed E-state index contributed by atoms with van der Waals surface area (Å²) in [5.41, 5.74) is 1.13. The van der Waals surface area contributed by atoms with Gasteiger partial charge in [-0.25, -0.2) is 0 Å². The predicted octanol–water partition coefficient (Wildman–Crippen LogP) is 3.71. The number of benzene rings is 2. The van der Waals surface area contributed by atoms with E-state index in [1.165, 1.54) is 18.2 Å². The summed E-state index contributed by atoms with van der Waals surface area (Å²) in [4.78, 5) is 34.3. The first-order valence-electron chi connectivity index (χ1n) is 7.94. The molecule has 136 valence electrons. The minimum atomic E-state index is -0.639. The maximum Gasteiger partial charge on any atom is 0.288 e. The molecule has 1 amide bonds. The molecule has 1 N–H and O–H groups in total. The first-order valence-corrected chi connectivity index (χ1v) is 8.31. The van der Waals surface area contributed by atoms with Crippen molar-refractivity contribution in [1.29, 1.82) is 0 Å². The predicted molar refractivity (Wildman–Crippen MR) is 102 cm³/mol. The first kappa shape index (κ1) is 18.3. The SMILES string of the molecule is O=C(Nc1ccc(Cn2ccccc2=O)cc1)c1ccc(Cl)c([N+](=O)[O-])c1. The Morgan fingerprint density at radius 2 is 1.85 bits per heavy atom. The van der Waals surface area contributed by atoms with Gasteiger partial charge in [0.05, 0.1) is 11.5 Å². The van der Waals surface area contributed by atoms with Crippen LogP contribution < -0.4 is 10.9 Å². The Hall–Kier alpha value is -3.45. The third kappa shape index (κ3) is 4.39. The zero-order valence-electron chi connectivity index (χ0n) is 14.0. The first-order chi connectivity index (χ1) is 12.9. The average molecular weight is 384 g/mol. The second-order valence-electron chi connectivity index (χ2n) is 5.74. The zero-order chi connectivity index (χ0) is 19.4. The lowest BCUT2D eigenvalue weighted by Crippen LogP contribution is -2.18. The summed E-state index contributed by atoms with van der Waals surface area (Å²) in [7, 11) is 0. The van der Waals surface area contributed by atoms with Crippen LogP contribution in [0.2, 0.25) is 5.02 Å². The minimum Gasteiger partial charge on any atom is -0.322 e. The number of nitrogens with one attached hydrogen (secondary N) is 1. The minimum absolute atomic E-state index is 0.0305. The average Bonchev–Trinajstić information content (AvgIpc) is 2.65. The van der Waals surface area contributed by atoms with Crippen LogP contribution in [0.1, 0.15) is 15.9 Å². The largest absolute Gasteiger partial charge is 0.322 e. The number of anilines is 1. The number of halogens is 1. The number of nitro benzene ring substituents is 1. The Balaban J connectivity index is 1.72. The number of rotatable bonds is 5. The van der Waals surface area contributed by atoms with Crippen LogP contribution in [0.15, 0.2) is 71.7 Å². The lowest BCUT2D eigenvalue weighted by molar-refractivity contribution is -0.384. The van der Waals surface area contributed by atoms with Gasteiger partial charge in [0.2, 0.25) is 0 Å². The maximum absolute atomic E-state index is 12.3. The van der Waals surface area contributed by atoms with Crippen molar-refractivity contribution < 1.29 is 9.72 Å². The second kappa shape index (κ2) is 7.84. The van der Waals surface area contributed by atoms with Crippen LogP contribution in [-0.4, -0.2) is 15.4 Å². The second-order valence-corrected chi connectivity index (χ2v) is 6.15. The van der Waals surface area contributed by atoms with Crippen molar-refractivity contribution >= 4 is 28.9 Å². The normalized spacial score (nSPS) is 10.4. The van der Waals surface area contributed by atoms with Gasteiger partial charge in [0.25, 0.3) is 17.2 Å². The van der Waals surface area contributed by atoms with Crippen molar-refractivity contribution in [3.8, 4) is 0 Å². The number of hydrogen-bond donors (Lipinski definition) is 1. The summed E-state index contributed by atoms with van der Waals surface area (Å²) in [5.74, 6) is -0.484. The molecule has 8 heteroatoms. The summed E-state index contributed by atoms with van der Waals surface area (Å²) in [5, 5.41) is 13.6. The molecule has 2 aromatic carbocycles. The summed E-state index contributed by atoms with van der Waals surface area (Å²) < 4.78 is 1.57. The van der Waals surface area contributed by atoms with Crippen molar-refractivity contribution in [3.63, 3.8) is 0 Å². The highest BCUT2D eigenvalue weighted by molar-refractivity contribution is 6.32. The fourth-order valence-electron chi connectivity index (χ4n) is 2.48. The van der Waals surface area contributed by atoms with Crippen LogP contribution in [0.25, 0.3) is 0 Å². The summed E-state index contributed by atoms with van der Waals surface area (Å²) in [6.07, 6.45) is 1.70. The van der Waals surface area contributed by atoms with E-state index in [0.29, 0.717) is 12.2 Å². The fraction of sp³-hybridized carbons (Fsp3) is 0.0526. The highest BCUT2D eigenvalue weighted by Gasteiger charge is 2.16. The monoisotopic (exact) mass is 383 g/mol. The van der Waals surface area contributed by atoms with Crippen molar-refractivity contribution in [2.45, 2.75) is 6.54 Å². The van der Waals surface area contributed by atoms with Gasteiger partial charge < -0.3 is 9.88 Å². The van der Waals surface area contributed by atoms with E-state index in [1.807, 2.05) is 0 Å². The molecule has 0 fully saturated rings. The van der Waals surface area contributed by atoms with E-state index in [0.717, 1.165) is 11.6 Å². The van der Waals surface area contributed by atoms with E-state index in [1.54, 1.807) is 47.2 Å². The molecule has 0 unspecified atom stereocenters. The number of carbonyl (C=O) groups excluding carboxylic acids is 1. The fourth-order valence-corrected chi connectivity index (χ4v) is 2.67. The van der Waals surface area contributed by atoms with E-state index < -0.39 is 10.8 Å². The summed E-state index contributed by atoms with van der Waals surface area (Å²) in [6, 6.07) is 15.8. The Bertz CT molecular complexity index is 1060. The maximum atomic E-state index is 12.3. The van der Waals surface area contributed by atoms with Crippen molar-refractivity contribution in [2.75, 3.05) is 5.32 Å². The molecule has 0 atom stereocenters. The molecule has 1 aromatic heterocycles. The number of nitrogens with zero attached hydrogens (tertiary/aromatic N) is 2. The Labute approximate surface area is 159 Å². The number of pyridine rings is 1. The van der Waals surface area contributed by atoms with Crippen LogP contribution in [0.5, 0.6) is 0 Å². The molecule has 0 aliphatic heterocycles. The molecule has 0 bridgehead atoms. The van der Waals surface area contributed by atoms with Gasteiger partial charge in [0.1, 0.15) is 5.02 Å². The van der Waals surface area contributed by atoms with Gasteiger partial charge in [0.15, 0.2) is 0 Å². The van der Waals surface area contributed by atoms with Gasteiger partial charge in [0, 0.05) is 29.6 Å². The van der Waals surface area contributed by atoms with Crippen molar-refractivity contribution in [1.82, 2.24) is 4.57 Å². The van der Waals surface area contributed by atoms with E-state index >= 15 is 0 Å². The summed E-state index contributed by atoms with van der Waals surface area (Å²) in [6.45, 7) is 0.414. The standard InChI is InChI=1S/C19H14ClN3O4/c20-16-9-6-14(11-17(16)23(26)27)19(25)21-15-7-4-13(5-8-15)12-22-10-2-1-3-18(22)24/h1-11H,12H2,(H,21,25). The molecule has 0 saturated heterocycles. The number of carbonyl (C=O) groups is 1. The lowest BCUT2D eigenvalue weighted by Gasteiger charge is -2.08. The topological polar surface area (TPSA) is 94.2 Å². The third-order valence-electron chi connectivity index (χ3n) is 3.87. The Kier molecular flexibility index (Phi) is 5.33. The number of hydrogen-bond acceptors (Lipinski definition) is 4. The third-order valence-corrected chi connectivity index (χ3v) is 4.19. The Morgan fingerprint density at radius 3 is 2.52 bits per heavy atom. The highest BCUT2D eigenvalue weighted by atomic mass is 35.5. The van der Waals surface area contributed by atoms with Crippen LogP contribution >= 0.6 is 11.6 Å². The van der Waals surface area contributed by atoms with Gasteiger partial charge in [-0.3, -0.25) is 19.7 Å². The van der Waals surface area contributed by atoms with Gasteiger partial charge in [-0.05, 0) is 35.9 Å². The van der Waals surface area contributed by atoms with Gasteiger partial charge in [-0.1, -0.05) is 29.8 Å². The molecule has 3 aromatic rings. The molecule has 1 heterocycles. The van der Waals surface area contributed by atoms with Crippen LogP contribution in [-0.2, 0) is 6.54 Å². The van der Waals surface area contributed by atoms with Gasteiger partial charge in [-0.15, -0.1) is 0 Å². The van der Waals surface area contributed by atoms with Gasteiger partial charge in [-0.2, -0.15) is 0 Å². The number of amides is 1. The van der Waals surface area contributed by atoms with E-state index in [4.69, 9.17) is 11.6 Å². The van der Waals surface area contributed by atoms with Crippen LogP contribution in [0.4, 0.5) is 11.4 Å². The smallest absolute Gasteiger partial charge is 0.288 e. The molecular formula is C19H14ClN3O4. The molecule has 3 rings (SSSR count). The lowest BCUT2D eigenvalue weighted by atomic mass is 10.1. The van der Waals surface area contributed by atoms with E-state index in [2.05, 4.69) is 5.32 Å². The molecule has 0 aliphatic carbocycles.